The minimum Gasteiger partial charge on any atom is -0.490 e. The summed E-state index contributed by atoms with van der Waals surface area (Å²) < 4.78 is 7.85. The third kappa shape index (κ3) is 5.15. The first-order valence-corrected chi connectivity index (χ1v) is 14.5. The Balaban J connectivity index is 1.23. The van der Waals surface area contributed by atoms with E-state index < -0.39 is 0 Å². The second kappa shape index (κ2) is 10.6. The summed E-state index contributed by atoms with van der Waals surface area (Å²) in [7, 11) is 0. The maximum atomic E-state index is 14.0. The fourth-order valence-electron chi connectivity index (χ4n) is 6.06. The number of ketones is 1. The Hall–Kier alpha value is -4.30. The van der Waals surface area contributed by atoms with E-state index in [1.54, 1.807) is 10.8 Å². The number of hydrogen-bond acceptors (Lipinski definition) is 7. The van der Waals surface area contributed by atoms with E-state index in [4.69, 9.17) is 9.72 Å². The van der Waals surface area contributed by atoms with Crippen molar-refractivity contribution < 1.29 is 9.53 Å². The van der Waals surface area contributed by atoms with Crippen LogP contribution in [-0.2, 0) is 6.42 Å². The van der Waals surface area contributed by atoms with E-state index in [1.165, 1.54) is 0 Å². The molecule has 0 amide bonds. The predicted molar refractivity (Wildman–Crippen MR) is 160 cm³/mol. The zero-order valence-corrected chi connectivity index (χ0v) is 22.9. The highest BCUT2D eigenvalue weighted by molar-refractivity contribution is 5.99. The number of benzene rings is 2. The second-order valence-corrected chi connectivity index (χ2v) is 11.4. The highest BCUT2D eigenvalue weighted by atomic mass is 16.5. The minimum atomic E-state index is -0.339. The van der Waals surface area contributed by atoms with E-state index in [-0.39, 0.29) is 29.9 Å². The average molecular weight is 548 g/mol. The number of piperidine rings is 1. The molecular formula is C33H33N5O3. The first-order chi connectivity index (χ1) is 20.0. The van der Waals surface area contributed by atoms with Gasteiger partial charge in [0.25, 0.3) is 5.56 Å². The molecule has 208 valence electrons. The van der Waals surface area contributed by atoms with Crippen molar-refractivity contribution in [3.8, 4) is 5.75 Å². The first kappa shape index (κ1) is 25.7. The summed E-state index contributed by atoms with van der Waals surface area (Å²) in [6.07, 6.45) is 6.91. The summed E-state index contributed by atoms with van der Waals surface area (Å²) in [4.78, 5) is 36.6. The van der Waals surface area contributed by atoms with Gasteiger partial charge in [0.15, 0.2) is 5.78 Å². The van der Waals surface area contributed by atoms with Crippen LogP contribution in [0.3, 0.4) is 0 Å². The Morgan fingerprint density at radius 3 is 2.56 bits per heavy atom. The Morgan fingerprint density at radius 1 is 1.00 bits per heavy atom. The van der Waals surface area contributed by atoms with E-state index >= 15 is 0 Å². The lowest BCUT2D eigenvalue weighted by Gasteiger charge is -2.27. The molecule has 2 aliphatic carbocycles. The van der Waals surface area contributed by atoms with Gasteiger partial charge in [0, 0.05) is 34.8 Å². The van der Waals surface area contributed by atoms with Gasteiger partial charge < -0.3 is 15.4 Å². The number of carbonyl (C=O) groups excluding carboxylic acids is 1. The predicted octanol–water partition coefficient (Wildman–Crippen LogP) is 5.46. The second-order valence-electron chi connectivity index (χ2n) is 11.4. The van der Waals surface area contributed by atoms with Crippen molar-refractivity contribution in [2.75, 3.05) is 18.4 Å². The zero-order valence-electron chi connectivity index (χ0n) is 22.9. The smallest absolute Gasteiger partial charge is 0.260 e. The molecule has 3 aliphatic rings. The molecule has 1 atom stereocenters. The number of allylic oxidation sites excluding steroid dienone is 1. The molecule has 2 N–H and O–H groups in total. The van der Waals surface area contributed by atoms with Crippen LogP contribution in [0.1, 0.15) is 59.6 Å². The van der Waals surface area contributed by atoms with Gasteiger partial charge in [-0.15, -0.1) is 0 Å². The molecule has 0 spiro atoms. The summed E-state index contributed by atoms with van der Waals surface area (Å²) in [6.45, 7) is 6.22. The molecule has 0 radical (unpaired) electrons. The number of nitrogens with zero attached hydrogens (tertiary/aromatic N) is 3. The lowest BCUT2D eigenvalue weighted by molar-refractivity contribution is 0.0951. The molecule has 2 aromatic heterocycles. The van der Waals surface area contributed by atoms with Crippen molar-refractivity contribution in [3.63, 3.8) is 0 Å². The maximum absolute atomic E-state index is 14.0. The topological polar surface area (TPSA) is 98.1 Å². The van der Waals surface area contributed by atoms with Crippen LogP contribution in [0.4, 0.5) is 11.6 Å². The molecule has 8 nitrogen and oxygen atoms in total. The number of rotatable bonds is 7. The highest BCUT2D eigenvalue weighted by Gasteiger charge is 2.32. The lowest BCUT2D eigenvalue weighted by atomic mass is 9.87. The molecule has 1 unspecified atom stereocenters. The van der Waals surface area contributed by atoms with Crippen molar-refractivity contribution in [1.82, 2.24) is 19.9 Å². The summed E-state index contributed by atoms with van der Waals surface area (Å²) >= 11 is 0. The third-order valence-electron chi connectivity index (χ3n) is 8.45. The summed E-state index contributed by atoms with van der Waals surface area (Å²) in [5, 5.41) is 7.39. The van der Waals surface area contributed by atoms with Gasteiger partial charge in [-0.1, -0.05) is 30.8 Å². The quantitative estimate of drug-likeness (QED) is 0.317. The van der Waals surface area contributed by atoms with Crippen LogP contribution in [0, 0.1) is 5.92 Å². The number of anilines is 2. The van der Waals surface area contributed by atoms with Crippen LogP contribution >= 0.6 is 0 Å². The van der Waals surface area contributed by atoms with Crippen LogP contribution in [-0.4, -0.2) is 39.5 Å². The van der Waals surface area contributed by atoms with E-state index in [9.17, 15) is 9.59 Å². The van der Waals surface area contributed by atoms with Crippen molar-refractivity contribution in [2.45, 2.75) is 50.7 Å². The summed E-state index contributed by atoms with van der Waals surface area (Å²) in [5.41, 5.74) is 4.35. The monoisotopic (exact) mass is 547 g/mol. The molecule has 3 heterocycles. The number of pyridine rings is 1. The summed E-state index contributed by atoms with van der Waals surface area (Å²) in [5.74, 6) is 1.60. The number of nitrogens with one attached hydrogen (secondary N) is 2. The molecule has 0 bridgehead atoms. The molecule has 1 aliphatic heterocycles. The number of Topliss-reactive ketones (excluding diaryl/α,β-unsaturated/α-hetero) is 1. The van der Waals surface area contributed by atoms with Gasteiger partial charge in [0.05, 0.1) is 6.04 Å². The van der Waals surface area contributed by atoms with E-state index in [0.717, 1.165) is 72.3 Å². The number of fused-ring (bicyclic) bond motifs is 2. The molecule has 1 saturated heterocycles. The molecule has 8 heteroatoms. The lowest BCUT2D eigenvalue weighted by Crippen LogP contribution is -2.34. The Labute approximate surface area is 238 Å². The third-order valence-corrected chi connectivity index (χ3v) is 8.45. The number of carbonyl (C=O) groups is 1. The molecule has 7 rings (SSSR count). The zero-order chi connectivity index (χ0) is 27.9. The highest BCUT2D eigenvalue weighted by Crippen LogP contribution is 2.40. The van der Waals surface area contributed by atoms with Crippen molar-refractivity contribution in [2.24, 2.45) is 5.92 Å². The van der Waals surface area contributed by atoms with Crippen molar-refractivity contribution in [1.29, 1.82) is 0 Å². The Kier molecular flexibility index (Phi) is 6.63. The van der Waals surface area contributed by atoms with Gasteiger partial charge in [-0.2, -0.15) is 4.98 Å². The summed E-state index contributed by atoms with van der Waals surface area (Å²) in [6, 6.07) is 17.0. The average Bonchev–Trinajstić information content (AvgIpc) is 3.84. The van der Waals surface area contributed by atoms with Gasteiger partial charge >= 0.3 is 0 Å². The van der Waals surface area contributed by atoms with Crippen molar-refractivity contribution in [3.05, 3.63) is 94.4 Å². The van der Waals surface area contributed by atoms with Crippen LogP contribution in [0.25, 0.3) is 16.6 Å². The molecule has 2 fully saturated rings. The first-order valence-electron chi connectivity index (χ1n) is 14.5. The number of hydrogen-bond donors (Lipinski definition) is 2. The molecule has 4 aromatic rings. The van der Waals surface area contributed by atoms with Crippen LogP contribution in [0.5, 0.6) is 5.75 Å². The van der Waals surface area contributed by atoms with E-state index in [2.05, 4.69) is 22.2 Å². The van der Waals surface area contributed by atoms with E-state index in [0.29, 0.717) is 29.5 Å². The number of ether oxygens (including phenoxy) is 1. The number of aromatic nitrogens is 3. The van der Waals surface area contributed by atoms with Crippen molar-refractivity contribution >= 4 is 34.0 Å². The fraction of sp³-hybridized carbons (Fsp3) is 0.333. The van der Waals surface area contributed by atoms with Crippen LogP contribution < -0.4 is 20.9 Å². The van der Waals surface area contributed by atoms with Gasteiger partial charge in [-0.05, 0) is 92.6 Å². The fourth-order valence-corrected chi connectivity index (χ4v) is 6.06. The maximum Gasteiger partial charge on any atom is 0.260 e. The van der Waals surface area contributed by atoms with Gasteiger partial charge in [0.2, 0.25) is 5.95 Å². The molecule has 41 heavy (non-hydrogen) atoms. The van der Waals surface area contributed by atoms with Gasteiger partial charge in [0.1, 0.15) is 17.5 Å². The van der Waals surface area contributed by atoms with Crippen LogP contribution in [0.15, 0.2) is 72.2 Å². The van der Waals surface area contributed by atoms with Gasteiger partial charge in [-0.25, -0.2) is 4.98 Å². The van der Waals surface area contributed by atoms with Gasteiger partial charge in [-0.3, -0.25) is 14.2 Å². The Bertz CT molecular complexity index is 1700. The molecule has 1 saturated carbocycles. The largest absolute Gasteiger partial charge is 0.490 e. The SMILES string of the molecule is C=C(c1cc2cnc(Nc3ccc(OC4CCNCC4)cc3)nc2n(C2CC(=O)c3ccccc3C2)c1=O)C1CC1. The normalized spacial score (nSPS) is 19.1. The van der Waals surface area contributed by atoms with E-state index in [1.807, 2.05) is 54.6 Å². The van der Waals surface area contributed by atoms with Crippen LogP contribution in [0.2, 0.25) is 0 Å². The standard InChI is InChI=1S/C33H33N5O3/c1-20(21-6-7-21)29-17-23-19-35-33(36-24-8-10-26(11-9-24)41-27-12-14-34-15-13-27)37-31(23)38(32(29)40)25-16-22-4-2-3-5-28(22)30(39)18-25/h2-5,8-11,17,19,21,25,27,34H,1,6-7,12-16,18H2,(H,35,36,37). The Morgan fingerprint density at radius 2 is 1.78 bits per heavy atom. The molecular weight excluding hydrogens is 514 g/mol. The molecule has 2 aromatic carbocycles. The minimum absolute atomic E-state index is 0.0440.